The van der Waals surface area contributed by atoms with Gasteiger partial charge in [-0.05, 0) is 17.7 Å². The van der Waals surface area contributed by atoms with Gasteiger partial charge in [0.05, 0.1) is 0 Å². The van der Waals surface area contributed by atoms with Crippen LogP contribution in [0.1, 0.15) is 12.5 Å². The lowest BCUT2D eigenvalue weighted by Gasteiger charge is -2.19. The van der Waals surface area contributed by atoms with E-state index in [2.05, 4.69) is 23.3 Å². The zero-order valence-corrected chi connectivity index (χ0v) is 12.8. The van der Waals surface area contributed by atoms with Crippen LogP contribution in [0, 0.1) is 0 Å². The summed E-state index contributed by atoms with van der Waals surface area (Å²) in [6, 6.07) is 3.96. The first-order valence-electron chi connectivity index (χ1n) is 6.52. The van der Waals surface area contributed by atoms with E-state index in [1.165, 1.54) is 19.1 Å². The summed E-state index contributed by atoms with van der Waals surface area (Å²) in [4.78, 5) is 34.3. The molecule has 4 N–H and O–H groups in total. The molecule has 0 aliphatic carbocycles. The van der Waals surface area contributed by atoms with Gasteiger partial charge >= 0.3 is 5.97 Å². The molecule has 0 saturated heterocycles. The van der Waals surface area contributed by atoms with E-state index < -0.39 is 29.9 Å². The first-order chi connectivity index (χ1) is 10.3. The molecule has 1 aromatic rings. The molecule has 0 aliphatic rings. The molecule has 0 bridgehead atoms. The maximum Gasteiger partial charge on any atom is 0.326 e. The summed E-state index contributed by atoms with van der Waals surface area (Å²) in [5.74, 6) is -2.09. The van der Waals surface area contributed by atoms with Crippen LogP contribution < -0.4 is 10.6 Å². The summed E-state index contributed by atoms with van der Waals surface area (Å²) in [6.07, 6.45) is 0.0563. The van der Waals surface area contributed by atoms with Crippen molar-refractivity contribution < 1.29 is 24.6 Å². The fourth-order valence-electron chi connectivity index (χ4n) is 1.78. The van der Waals surface area contributed by atoms with Crippen LogP contribution in [0.5, 0.6) is 5.75 Å². The maximum atomic E-state index is 12.0. The van der Waals surface area contributed by atoms with Crippen molar-refractivity contribution in [3.8, 4) is 5.75 Å². The smallest absolute Gasteiger partial charge is 0.326 e. The lowest BCUT2D eigenvalue weighted by molar-refractivity contribution is -0.142. The Morgan fingerprint density at radius 3 is 2.18 bits per heavy atom. The van der Waals surface area contributed by atoms with Gasteiger partial charge in [-0.3, -0.25) is 9.59 Å². The number of nitrogens with one attached hydrogen (secondary N) is 2. The molecule has 2 atom stereocenters. The Morgan fingerprint density at radius 1 is 1.14 bits per heavy atom. The van der Waals surface area contributed by atoms with Crippen molar-refractivity contribution >= 4 is 30.4 Å². The SMILES string of the molecule is CC(=O)N[C@@H](CS)C(=O)N[C@@H](Cc1ccc(O)cc1)C(=O)O. The van der Waals surface area contributed by atoms with Gasteiger partial charge in [-0.15, -0.1) is 0 Å². The zero-order valence-electron chi connectivity index (χ0n) is 11.9. The van der Waals surface area contributed by atoms with Crippen molar-refractivity contribution in [3.63, 3.8) is 0 Å². The number of benzene rings is 1. The summed E-state index contributed by atoms with van der Waals surface area (Å²) in [5.41, 5.74) is 0.646. The van der Waals surface area contributed by atoms with E-state index in [1.54, 1.807) is 12.1 Å². The number of carbonyl (C=O) groups is 3. The number of phenols is 1. The van der Waals surface area contributed by atoms with Gasteiger partial charge in [0.1, 0.15) is 17.8 Å². The Kier molecular flexibility index (Phi) is 6.71. The van der Waals surface area contributed by atoms with Crippen molar-refractivity contribution in [1.82, 2.24) is 10.6 Å². The maximum absolute atomic E-state index is 12.0. The Hall–Kier alpha value is -2.22. The van der Waals surface area contributed by atoms with Gasteiger partial charge in [-0.2, -0.15) is 12.6 Å². The van der Waals surface area contributed by atoms with Crippen molar-refractivity contribution in [2.45, 2.75) is 25.4 Å². The molecular formula is C14H18N2O5S. The highest BCUT2D eigenvalue weighted by Crippen LogP contribution is 2.11. The van der Waals surface area contributed by atoms with Crippen LogP contribution in [0.2, 0.25) is 0 Å². The molecule has 1 aromatic carbocycles. The molecule has 120 valence electrons. The number of phenolic OH excluding ortho intramolecular Hbond substituents is 1. The molecule has 0 heterocycles. The first kappa shape index (κ1) is 17.8. The monoisotopic (exact) mass is 326 g/mol. The summed E-state index contributed by atoms with van der Waals surface area (Å²) in [5, 5.41) is 23.2. The van der Waals surface area contributed by atoms with Crippen molar-refractivity contribution in [1.29, 1.82) is 0 Å². The van der Waals surface area contributed by atoms with E-state index in [9.17, 15) is 24.6 Å². The summed E-state index contributed by atoms with van der Waals surface area (Å²) < 4.78 is 0. The van der Waals surface area contributed by atoms with E-state index in [0.717, 1.165) is 0 Å². The average Bonchev–Trinajstić information content (AvgIpc) is 2.45. The van der Waals surface area contributed by atoms with Gasteiger partial charge in [0.15, 0.2) is 0 Å². The van der Waals surface area contributed by atoms with E-state index in [0.29, 0.717) is 5.56 Å². The Balaban J connectivity index is 2.74. The first-order valence-corrected chi connectivity index (χ1v) is 7.15. The summed E-state index contributed by atoms with van der Waals surface area (Å²) >= 11 is 3.96. The molecule has 1 rings (SSSR count). The number of aliphatic carboxylic acids is 1. The third-order valence-electron chi connectivity index (χ3n) is 2.87. The number of thiol groups is 1. The summed E-state index contributed by atoms with van der Waals surface area (Å²) in [6.45, 7) is 1.26. The van der Waals surface area contributed by atoms with Crippen molar-refractivity contribution in [2.75, 3.05) is 5.75 Å². The van der Waals surface area contributed by atoms with Crippen LogP contribution in [0.15, 0.2) is 24.3 Å². The van der Waals surface area contributed by atoms with Crippen LogP contribution in [0.4, 0.5) is 0 Å². The normalized spacial score (nSPS) is 13.0. The van der Waals surface area contributed by atoms with Crippen LogP contribution >= 0.6 is 12.6 Å². The van der Waals surface area contributed by atoms with E-state index in [1.807, 2.05) is 0 Å². The van der Waals surface area contributed by atoms with Gasteiger partial charge in [0.25, 0.3) is 0 Å². The minimum atomic E-state index is -1.19. The van der Waals surface area contributed by atoms with Crippen LogP contribution in [0.3, 0.4) is 0 Å². The lowest BCUT2D eigenvalue weighted by atomic mass is 10.1. The lowest BCUT2D eigenvalue weighted by Crippen LogP contribution is -2.52. The second kappa shape index (κ2) is 8.28. The molecule has 2 amide bonds. The highest BCUT2D eigenvalue weighted by atomic mass is 32.1. The van der Waals surface area contributed by atoms with Gasteiger partial charge in [0, 0.05) is 19.1 Å². The molecular weight excluding hydrogens is 308 g/mol. The number of carbonyl (C=O) groups excluding carboxylic acids is 2. The quantitative estimate of drug-likeness (QED) is 0.450. The molecule has 0 spiro atoms. The largest absolute Gasteiger partial charge is 0.508 e. The summed E-state index contributed by atoms with van der Waals surface area (Å²) in [7, 11) is 0. The minimum Gasteiger partial charge on any atom is -0.508 e. The standard InChI is InChI=1S/C14H18N2O5S/c1-8(17)15-12(7-22)13(19)16-11(14(20)21)6-9-2-4-10(18)5-3-9/h2-5,11-12,18,22H,6-7H2,1H3,(H,15,17)(H,16,19)(H,20,21)/t11-,12-/m0/s1. The predicted molar refractivity (Wildman–Crippen MR) is 82.8 cm³/mol. The molecule has 0 saturated carbocycles. The molecule has 0 aromatic heterocycles. The highest BCUT2D eigenvalue weighted by molar-refractivity contribution is 7.80. The number of carboxylic acid groups (broad SMARTS) is 1. The third kappa shape index (κ3) is 5.65. The average molecular weight is 326 g/mol. The fourth-order valence-corrected chi connectivity index (χ4v) is 2.04. The second-order valence-corrected chi connectivity index (χ2v) is 5.07. The molecule has 0 fully saturated rings. The van der Waals surface area contributed by atoms with Crippen molar-refractivity contribution in [3.05, 3.63) is 29.8 Å². The number of hydrogen-bond donors (Lipinski definition) is 5. The van der Waals surface area contributed by atoms with Crippen LogP contribution in [-0.4, -0.2) is 45.8 Å². The van der Waals surface area contributed by atoms with Crippen LogP contribution in [-0.2, 0) is 20.8 Å². The molecule has 0 radical (unpaired) electrons. The van der Waals surface area contributed by atoms with Gasteiger partial charge in [0.2, 0.25) is 11.8 Å². The van der Waals surface area contributed by atoms with Crippen LogP contribution in [0.25, 0.3) is 0 Å². The number of carboxylic acids is 1. The molecule has 8 heteroatoms. The van der Waals surface area contributed by atoms with E-state index in [-0.39, 0.29) is 17.9 Å². The number of hydrogen-bond acceptors (Lipinski definition) is 5. The fraction of sp³-hybridized carbons (Fsp3) is 0.357. The molecule has 0 aliphatic heterocycles. The highest BCUT2D eigenvalue weighted by Gasteiger charge is 2.25. The van der Waals surface area contributed by atoms with E-state index in [4.69, 9.17) is 0 Å². The third-order valence-corrected chi connectivity index (χ3v) is 3.23. The van der Waals surface area contributed by atoms with Gasteiger partial charge in [-0.25, -0.2) is 4.79 Å². The zero-order chi connectivity index (χ0) is 16.7. The topological polar surface area (TPSA) is 116 Å². The predicted octanol–water partition coefficient (Wildman–Crippen LogP) is -0.0614. The number of aromatic hydroxyl groups is 1. The molecule has 0 unspecified atom stereocenters. The second-order valence-electron chi connectivity index (χ2n) is 4.71. The minimum absolute atomic E-state index is 0.0525. The number of rotatable bonds is 7. The molecule has 7 nitrogen and oxygen atoms in total. The van der Waals surface area contributed by atoms with Gasteiger partial charge < -0.3 is 20.8 Å². The Morgan fingerprint density at radius 2 is 1.73 bits per heavy atom. The van der Waals surface area contributed by atoms with Gasteiger partial charge in [-0.1, -0.05) is 12.1 Å². The number of amides is 2. The van der Waals surface area contributed by atoms with E-state index >= 15 is 0 Å². The Bertz CT molecular complexity index is 547. The molecule has 22 heavy (non-hydrogen) atoms. The van der Waals surface area contributed by atoms with Crippen molar-refractivity contribution in [2.24, 2.45) is 0 Å². The Labute approximate surface area is 133 Å².